The van der Waals surface area contributed by atoms with Crippen LogP contribution in [0.1, 0.15) is 22.8 Å². The largest absolute Gasteiger partial charge is 0.508 e. The molecule has 5 nitrogen and oxygen atoms in total. The third-order valence-electron chi connectivity index (χ3n) is 3.02. The van der Waals surface area contributed by atoms with Crippen molar-refractivity contribution in [3.05, 3.63) is 58.1 Å². The standard InChI is InChI=1S/C16H15BrN2O3/c1-10(11-3-6-13(20)7-4-11)18-19-16(21)12-5-8-15(22-2)14(17)9-12/h3-9,20H,1-2H3,(H,19,21)/b18-10-. The molecule has 0 unspecified atom stereocenters. The molecule has 0 spiro atoms. The molecular formula is C16H15BrN2O3. The van der Waals surface area contributed by atoms with E-state index in [2.05, 4.69) is 26.5 Å². The van der Waals surface area contributed by atoms with Gasteiger partial charge in [0, 0.05) is 5.56 Å². The monoisotopic (exact) mass is 362 g/mol. The number of hydrogen-bond donors (Lipinski definition) is 2. The van der Waals surface area contributed by atoms with Gasteiger partial charge in [-0.2, -0.15) is 5.10 Å². The fourth-order valence-electron chi connectivity index (χ4n) is 1.77. The molecule has 0 atom stereocenters. The zero-order valence-corrected chi connectivity index (χ0v) is 13.7. The van der Waals surface area contributed by atoms with Gasteiger partial charge in [-0.3, -0.25) is 4.79 Å². The third-order valence-corrected chi connectivity index (χ3v) is 3.64. The van der Waals surface area contributed by atoms with Crippen molar-refractivity contribution < 1.29 is 14.6 Å². The van der Waals surface area contributed by atoms with E-state index in [1.807, 2.05) is 0 Å². The smallest absolute Gasteiger partial charge is 0.271 e. The number of methoxy groups -OCH3 is 1. The van der Waals surface area contributed by atoms with E-state index in [1.165, 1.54) is 0 Å². The van der Waals surface area contributed by atoms with Crippen LogP contribution in [0, 0.1) is 0 Å². The van der Waals surface area contributed by atoms with Crippen LogP contribution in [0.5, 0.6) is 11.5 Å². The van der Waals surface area contributed by atoms with Crippen LogP contribution < -0.4 is 10.2 Å². The highest BCUT2D eigenvalue weighted by Crippen LogP contribution is 2.25. The molecule has 114 valence electrons. The third kappa shape index (κ3) is 3.85. The van der Waals surface area contributed by atoms with Crippen molar-refractivity contribution in [2.45, 2.75) is 6.92 Å². The van der Waals surface area contributed by atoms with Gasteiger partial charge in [0.25, 0.3) is 5.91 Å². The van der Waals surface area contributed by atoms with Crippen LogP contribution in [0.4, 0.5) is 0 Å². The number of hydrazone groups is 1. The summed E-state index contributed by atoms with van der Waals surface area (Å²) in [5.74, 6) is 0.519. The molecule has 2 N–H and O–H groups in total. The van der Waals surface area contributed by atoms with Crippen LogP contribution in [0.3, 0.4) is 0 Å². The summed E-state index contributed by atoms with van der Waals surface area (Å²) in [6, 6.07) is 11.6. The minimum absolute atomic E-state index is 0.184. The van der Waals surface area contributed by atoms with Crippen LogP contribution >= 0.6 is 15.9 Å². The number of ether oxygens (including phenoxy) is 1. The molecule has 22 heavy (non-hydrogen) atoms. The summed E-state index contributed by atoms with van der Waals surface area (Å²) in [5.41, 5.74) is 4.42. The lowest BCUT2D eigenvalue weighted by Crippen LogP contribution is -2.19. The number of aromatic hydroxyl groups is 1. The number of carbonyl (C=O) groups excluding carboxylic acids is 1. The Morgan fingerprint density at radius 1 is 1.18 bits per heavy atom. The van der Waals surface area contributed by atoms with Gasteiger partial charge in [-0.25, -0.2) is 5.43 Å². The number of benzene rings is 2. The van der Waals surface area contributed by atoms with E-state index in [0.29, 0.717) is 21.5 Å². The summed E-state index contributed by atoms with van der Waals surface area (Å²) in [4.78, 5) is 12.1. The summed E-state index contributed by atoms with van der Waals surface area (Å²) in [6.07, 6.45) is 0. The lowest BCUT2D eigenvalue weighted by molar-refractivity contribution is 0.0954. The second-order valence-electron chi connectivity index (χ2n) is 4.53. The number of hydrogen-bond acceptors (Lipinski definition) is 4. The molecule has 6 heteroatoms. The molecule has 0 aliphatic rings. The molecule has 2 aromatic rings. The highest BCUT2D eigenvalue weighted by Gasteiger charge is 2.08. The van der Waals surface area contributed by atoms with Crippen molar-refractivity contribution in [3.63, 3.8) is 0 Å². The number of phenolic OH excluding ortho intramolecular Hbond substituents is 1. The van der Waals surface area contributed by atoms with Gasteiger partial charge in [0.1, 0.15) is 11.5 Å². The van der Waals surface area contributed by atoms with Crippen molar-refractivity contribution in [1.29, 1.82) is 0 Å². The molecular weight excluding hydrogens is 348 g/mol. The van der Waals surface area contributed by atoms with Crippen molar-refractivity contribution in [2.24, 2.45) is 5.10 Å². The topological polar surface area (TPSA) is 70.9 Å². The molecule has 0 aromatic heterocycles. The fraction of sp³-hybridized carbons (Fsp3) is 0.125. The second-order valence-corrected chi connectivity index (χ2v) is 5.39. The molecule has 0 aliphatic carbocycles. The molecule has 0 saturated heterocycles. The average molecular weight is 363 g/mol. The Morgan fingerprint density at radius 2 is 1.82 bits per heavy atom. The van der Waals surface area contributed by atoms with Gasteiger partial charge in [0.15, 0.2) is 0 Å². The molecule has 0 bridgehead atoms. The lowest BCUT2D eigenvalue weighted by atomic mass is 10.1. The number of phenols is 1. The number of amides is 1. The quantitative estimate of drug-likeness (QED) is 0.647. The molecule has 2 aromatic carbocycles. The maximum atomic E-state index is 12.1. The average Bonchev–Trinajstić information content (AvgIpc) is 2.52. The first-order valence-electron chi connectivity index (χ1n) is 6.49. The fourth-order valence-corrected chi connectivity index (χ4v) is 2.31. The van der Waals surface area contributed by atoms with Crippen molar-refractivity contribution in [3.8, 4) is 11.5 Å². The van der Waals surface area contributed by atoms with E-state index in [1.54, 1.807) is 56.5 Å². The minimum Gasteiger partial charge on any atom is -0.508 e. The van der Waals surface area contributed by atoms with E-state index >= 15 is 0 Å². The maximum absolute atomic E-state index is 12.1. The molecule has 0 saturated carbocycles. The Hall–Kier alpha value is -2.34. The van der Waals surface area contributed by atoms with Gasteiger partial charge in [-0.1, -0.05) is 0 Å². The number of rotatable bonds is 4. The van der Waals surface area contributed by atoms with E-state index in [4.69, 9.17) is 4.74 Å². The van der Waals surface area contributed by atoms with Gasteiger partial charge in [-0.05, 0) is 70.9 Å². The Bertz CT molecular complexity index is 712. The normalized spacial score (nSPS) is 11.1. The molecule has 0 aliphatic heterocycles. The first kappa shape index (κ1) is 16.0. The van der Waals surface area contributed by atoms with E-state index < -0.39 is 0 Å². The maximum Gasteiger partial charge on any atom is 0.271 e. The van der Waals surface area contributed by atoms with Gasteiger partial charge >= 0.3 is 0 Å². The highest BCUT2D eigenvalue weighted by molar-refractivity contribution is 9.10. The number of nitrogens with zero attached hydrogens (tertiary/aromatic N) is 1. The highest BCUT2D eigenvalue weighted by atomic mass is 79.9. The summed E-state index contributed by atoms with van der Waals surface area (Å²) >= 11 is 3.33. The Labute approximate surface area is 136 Å². The Balaban J connectivity index is 2.10. The zero-order chi connectivity index (χ0) is 16.1. The van der Waals surface area contributed by atoms with E-state index in [0.717, 1.165) is 5.56 Å². The number of halogens is 1. The predicted octanol–water partition coefficient (Wildman–Crippen LogP) is 3.32. The van der Waals surface area contributed by atoms with Gasteiger partial charge < -0.3 is 9.84 Å². The molecule has 2 rings (SSSR count). The number of carbonyl (C=O) groups is 1. The Morgan fingerprint density at radius 3 is 2.41 bits per heavy atom. The van der Waals surface area contributed by atoms with Crippen LogP contribution in [-0.4, -0.2) is 23.8 Å². The molecule has 0 radical (unpaired) electrons. The molecule has 0 heterocycles. The summed E-state index contributed by atoms with van der Waals surface area (Å²) < 4.78 is 5.82. The van der Waals surface area contributed by atoms with Crippen LogP contribution in [0.15, 0.2) is 52.0 Å². The van der Waals surface area contributed by atoms with Gasteiger partial charge in [0.2, 0.25) is 0 Å². The predicted molar refractivity (Wildman–Crippen MR) is 88.5 cm³/mol. The van der Waals surface area contributed by atoms with Crippen LogP contribution in [0.25, 0.3) is 0 Å². The summed E-state index contributed by atoms with van der Waals surface area (Å²) in [7, 11) is 1.56. The lowest BCUT2D eigenvalue weighted by Gasteiger charge is -2.06. The minimum atomic E-state index is -0.318. The van der Waals surface area contributed by atoms with E-state index in [9.17, 15) is 9.90 Å². The Kier molecular flexibility index (Phi) is 5.16. The molecule has 0 fully saturated rings. The van der Waals surface area contributed by atoms with Crippen LogP contribution in [0.2, 0.25) is 0 Å². The van der Waals surface area contributed by atoms with Crippen molar-refractivity contribution in [2.75, 3.05) is 7.11 Å². The zero-order valence-electron chi connectivity index (χ0n) is 12.1. The van der Waals surface area contributed by atoms with Gasteiger partial charge in [0.05, 0.1) is 17.3 Å². The van der Waals surface area contributed by atoms with Gasteiger partial charge in [-0.15, -0.1) is 0 Å². The molecule has 1 amide bonds. The SMILES string of the molecule is COc1ccc(C(=O)N/N=C(/C)c2ccc(O)cc2)cc1Br. The number of nitrogens with one attached hydrogen (secondary N) is 1. The second kappa shape index (κ2) is 7.09. The van der Waals surface area contributed by atoms with Crippen LogP contribution in [-0.2, 0) is 0 Å². The first-order chi connectivity index (χ1) is 10.5. The van der Waals surface area contributed by atoms with E-state index in [-0.39, 0.29) is 11.7 Å². The summed E-state index contributed by atoms with van der Waals surface area (Å²) in [6.45, 7) is 1.77. The first-order valence-corrected chi connectivity index (χ1v) is 7.28. The summed E-state index contributed by atoms with van der Waals surface area (Å²) in [5, 5.41) is 13.3. The van der Waals surface area contributed by atoms with Crippen molar-refractivity contribution in [1.82, 2.24) is 5.43 Å². The van der Waals surface area contributed by atoms with Crippen molar-refractivity contribution >= 4 is 27.5 Å².